The van der Waals surface area contributed by atoms with Crippen molar-refractivity contribution in [2.75, 3.05) is 0 Å². The minimum Gasteiger partial charge on any atom is -0.114 e. The molecule has 25 heavy (non-hydrogen) atoms. The molecule has 6 bridgehead atoms. The van der Waals surface area contributed by atoms with E-state index < -0.39 is 0 Å². The molecule has 0 saturated carbocycles. The van der Waals surface area contributed by atoms with Gasteiger partial charge in [0.2, 0.25) is 0 Å². The first-order valence-electron chi connectivity index (χ1n) is 9.63. The zero-order valence-electron chi connectivity index (χ0n) is 18.2. The zero-order valence-corrected chi connectivity index (χ0v) is 22.6. The van der Waals surface area contributed by atoms with Crippen molar-refractivity contribution in [2.45, 2.75) is 97.1 Å². The topological polar surface area (TPSA) is 0 Å². The predicted molar refractivity (Wildman–Crippen MR) is 126 cm³/mol. The molecule has 5 heterocycles. The lowest BCUT2D eigenvalue weighted by Crippen LogP contribution is -2.42. The van der Waals surface area contributed by atoms with Gasteiger partial charge < -0.3 is 0 Å². The lowest BCUT2D eigenvalue weighted by Gasteiger charge is -2.46. The van der Waals surface area contributed by atoms with Crippen molar-refractivity contribution >= 4 is 47.0 Å². The summed E-state index contributed by atoms with van der Waals surface area (Å²) < 4.78 is 0.605. The maximum absolute atomic E-state index is 2.60. The Hall–Kier alpha value is 1.81. The Morgan fingerprint density at radius 3 is 1.56 bits per heavy atom. The summed E-state index contributed by atoms with van der Waals surface area (Å²) in [6.07, 6.45) is 0. The molecule has 5 heteroatoms. The van der Waals surface area contributed by atoms with Crippen molar-refractivity contribution in [1.82, 2.24) is 0 Å². The van der Waals surface area contributed by atoms with E-state index >= 15 is 0 Å². The van der Waals surface area contributed by atoms with E-state index in [-0.39, 0.29) is 22.7 Å². The lowest BCUT2D eigenvalue weighted by molar-refractivity contribution is 0.295. The molecule has 4 fully saturated rings. The molecular formula is C20H36P4S. The summed E-state index contributed by atoms with van der Waals surface area (Å²) in [6, 6.07) is 0. The second-order valence-corrected chi connectivity index (χ2v) is 25.7. The van der Waals surface area contributed by atoms with Crippen molar-refractivity contribution in [3.05, 3.63) is 0 Å². The van der Waals surface area contributed by atoms with Gasteiger partial charge in [-0.05, 0) is 49.3 Å². The molecule has 0 aliphatic carbocycles. The van der Waals surface area contributed by atoms with Crippen molar-refractivity contribution in [3.63, 3.8) is 0 Å². The molecule has 0 nitrogen and oxygen atoms in total. The van der Waals surface area contributed by atoms with Gasteiger partial charge in [0, 0.05) is 9.79 Å². The largest absolute Gasteiger partial charge is 0.114 e. The van der Waals surface area contributed by atoms with Gasteiger partial charge in [-0.25, -0.2) is 0 Å². The molecular weight excluding hydrogens is 396 g/mol. The van der Waals surface area contributed by atoms with E-state index in [0.29, 0.717) is 35.7 Å². The van der Waals surface area contributed by atoms with E-state index in [4.69, 9.17) is 0 Å². The van der Waals surface area contributed by atoms with Gasteiger partial charge in [0.15, 0.2) is 0 Å². The summed E-state index contributed by atoms with van der Waals surface area (Å²) in [6.45, 7) is 30.9. The number of rotatable bonds is 0. The fourth-order valence-corrected chi connectivity index (χ4v) is 49.2. The van der Waals surface area contributed by atoms with Crippen LogP contribution in [0.2, 0.25) is 0 Å². The standard InChI is InChI=1S/C20H36P4S/c1-14(2,3)13-21-23-19(16(7,8)9)18(15(4,5)6)22(13)20(23,17(10,11)12)25-24(18)19/h1-12H3/t18-,19+,20-,22?,23?,24?/m1/s1. The third-order valence-corrected chi connectivity index (χ3v) is 34.8. The molecule has 0 N–H and O–H groups in total. The van der Waals surface area contributed by atoms with Gasteiger partial charge >= 0.3 is 0 Å². The second kappa shape index (κ2) is 4.75. The molecule has 5 rings (SSSR count). The van der Waals surface area contributed by atoms with Crippen LogP contribution in [0.25, 0.3) is 0 Å². The van der Waals surface area contributed by atoms with Crippen LogP contribution in [0.5, 0.6) is 0 Å². The quantitative estimate of drug-likeness (QED) is 0.344. The summed E-state index contributed by atoms with van der Waals surface area (Å²) in [5.41, 5.74) is 1.73. The van der Waals surface area contributed by atoms with Crippen LogP contribution in [0, 0.1) is 21.7 Å². The van der Waals surface area contributed by atoms with Gasteiger partial charge in [0.05, 0.1) is 4.23 Å². The van der Waals surface area contributed by atoms with Crippen molar-refractivity contribution in [1.29, 1.82) is 0 Å². The van der Waals surface area contributed by atoms with Crippen LogP contribution in [0.15, 0.2) is 0 Å². The van der Waals surface area contributed by atoms with Gasteiger partial charge in [0.1, 0.15) is 0 Å². The van der Waals surface area contributed by atoms with Crippen molar-refractivity contribution < 1.29 is 0 Å². The second-order valence-electron chi connectivity index (χ2n) is 12.4. The lowest BCUT2D eigenvalue weighted by atomic mass is 9.80. The minimum absolute atomic E-state index is 0.0272. The van der Waals surface area contributed by atoms with Crippen LogP contribution in [0.4, 0.5) is 0 Å². The molecule has 0 spiro atoms. The number of hydrogen-bond donors (Lipinski definition) is 0. The van der Waals surface area contributed by atoms with Crippen LogP contribution in [-0.4, -0.2) is 19.1 Å². The van der Waals surface area contributed by atoms with Gasteiger partial charge in [-0.3, -0.25) is 0 Å². The molecule has 0 radical (unpaired) electrons. The SMILES string of the molecule is CC(C)(C)C1=PP2[C@]3(C(C)(C)C)SP4[C@@]2(C(C)(C)C)[C@]4(C(C)(C)C)P13. The average Bonchev–Trinajstić information content (AvgIpc) is 2.67. The van der Waals surface area contributed by atoms with Gasteiger partial charge in [-0.2, -0.15) is 0 Å². The van der Waals surface area contributed by atoms with Gasteiger partial charge in [-0.1, -0.05) is 91.0 Å². The molecule has 5 aliphatic rings. The van der Waals surface area contributed by atoms with Crippen LogP contribution in [-0.2, 0) is 0 Å². The molecule has 4 saturated heterocycles. The Bertz CT molecular complexity index is 686. The van der Waals surface area contributed by atoms with E-state index in [2.05, 4.69) is 94.5 Å². The molecule has 142 valence electrons. The zero-order chi connectivity index (χ0) is 19.2. The van der Waals surface area contributed by atoms with E-state index in [1.54, 1.807) is 0 Å². The van der Waals surface area contributed by atoms with E-state index in [9.17, 15) is 0 Å². The maximum Gasteiger partial charge on any atom is 0.0777 e. The van der Waals surface area contributed by atoms with Crippen molar-refractivity contribution in [3.8, 4) is 0 Å². The first kappa shape index (κ1) is 20.1. The third kappa shape index (κ3) is 1.77. The molecule has 0 aromatic carbocycles. The highest BCUT2D eigenvalue weighted by atomic mass is 32.7. The monoisotopic (exact) mass is 432 g/mol. The Labute approximate surface area is 165 Å². The van der Waals surface area contributed by atoms with Crippen molar-refractivity contribution in [2.24, 2.45) is 21.7 Å². The molecule has 0 aromatic heterocycles. The van der Waals surface area contributed by atoms with Gasteiger partial charge in [0.25, 0.3) is 0 Å². The van der Waals surface area contributed by atoms with Gasteiger partial charge in [-0.15, -0.1) is 11.4 Å². The molecule has 5 aliphatic heterocycles. The molecule has 0 amide bonds. The third-order valence-electron chi connectivity index (χ3n) is 6.61. The summed E-state index contributed by atoms with van der Waals surface area (Å²) in [5.74, 6) is 0. The highest BCUT2D eigenvalue weighted by molar-refractivity contribution is 8.77. The summed E-state index contributed by atoms with van der Waals surface area (Å²) in [5, 5.41) is 1.99. The Kier molecular flexibility index (Phi) is 3.82. The highest BCUT2D eigenvalue weighted by Crippen LogP contribution is 3.31. The molecule has 6 atom stereocenters. The van der Waals surface area contributed by atoms with E-state index in [1.165, 1.54) is 0 Å². The fraction of sp³-hybridized carbons (Fsp3) is 0.950. The Morgan fingerprint density at radius 1 is 0.720 bits per heavy atom. The predicted octanol–water partition coefficient (Wildman–Crippen LogP) is 9.36. The minimum atomic E-state index is -0.0272. The van der Waals surface area contributed by atoms with Crippen LogP contribution in [0.1, 0.15) is 83.1 Å². The van der Waals surface area contributed by atoms with Crippen LogP contribution < -0.4 is 0 Å². The molecule has 3 unspecified atom stereocenters. The maximum atomic E-state index is 2.60. The highest BCUT2D eigenvalue weighted by Gasteiger charge is 3.04. The Balaban J connectivity index is 2.05. The first-order chi connectivity index (χ1) is 10.9. The molecule has 0 aromatic rings. The number of hydrogen-bond acceptors (Lipinski definition) is 1. The Morgan fingerprint density at radius 2 is 1.20 bits per heavy atom. The average molecular weight is 432 g/mol. The van der Waals surface area contributed by atoms with Crippen LogP contribution in [0.3, 0.4) is 0 Å². The fourth-order valence-electron chi connectivity index (χ4n) is 5.83. The van der Waals surface area contributed by atoms with E-state index in [0.717, 1.165) is 0 Å². The summed E-state index contributed by atoms with van der Waals surface area (Å²) >= 11 is 2.57. The van der Waals surface area contributed by atoms with E-state index in [1.807, 2.05) is 12.9 Å². The first-order valence-corrected chi connectivity index (χ1v) is 16.7. The van der Waals surface area contributed by atoms with Crippen LogP contribution >= 0.6 is 41.9 Å². The summed E-state index contributed by atoms with van der Waals surface area (Å²) in [7, 11) is 1.95. The smallest absolute Gasteiger partial charge is 0.0777 e. The summed E-state index contributed by atoms with van der Waals surface area (Å²) in [4.78, 5) is 1.34. The normalized spacial score (nSPS) is 48.8.